The van der Waals surface area contributed by atoms with Crippen molar-refractivity contribution in [1.29, 1.82) is 0 Å². The highest BCUT2D eigenvalue weighted by molar-refractivity contribution is 7.13. The Morgan fingerprint density at radius 3 is 2.92 bits per heavy atom. The van der Waals surface area contributed by atoms with Crippen molar-refractivity contribution in [3.8, 4) is 16.3 Å². The standard InChI is InChI=1S/C19H20N2O3S/c1-13(9-10-14-6-5-11-24-14)20-18(22)16-12-25-19(21-16)15-7-3-4-8-17(15)23-2/h3-8,11-13H,9-10H2,1-2H3,(H,20,22). The van der Waals surface area contributed by atoms with Gasteiger partial charge in [0, 0.05) is 17.8 Å². The normalized spacial score (nSPS) is 11.9. The van der Waals surface area contributed by atoms with Crippen LogP contribution in [-0.4, -0.2) is 24.0 Å². The molecule has 0 aliphatic heterocycles. The molecule has 130 valence electrons. The van der Waals surface area contributed by atoms with Gasteiger partial charge in [-0.15, -0.1) is 11.3 Å². The van der Waals surface area contributed by atoms with E-state index in [0.29, 0.717) is 5.69 Å². The Labute approximate surface area is 150 Å². The summed E-state index contributed by atoms with van der Waals surface area (Å²) >= 11 is 1.43. The van der Waals surface area contributed by atoms with Gasteiger partial charge in [-0.3, -0.25) is 4.79 Å². The average Bonchev–Trinajstić information content (AvgIpc) is 3.31. The summed E-state index contributed by atoms with van der Waals surface area (Å²) in [5, 5.41) is 5.53. The van der Waals surface area contributed by atoms with E-state index in [4.69, 9.17) is 9.15 Å². The van der Waals surface area contributed by atoms with Crippen molar-refractivity contribution in [3.63, 3.8) is 0 Å². The molecule has 1 amide bonds. The van der Waals surface area contributed by atoms with Crippen molar-refractivity contribution in [2.75, 3.05) is 7.11 Å². The molecule has 0 radical (unpaired) electrons. The molecule has 6 heteroatoms. The molecule has 2 heterocycles. The van der Waals surface area contributed by atoms with Crippen molar-refractivity contribution in [2.24, 2.45) is 0 Å². The van der Waals surface area contributed by atoms with E-state index in [0.717, 1.165) is 34.9 Å². The molecule has 1 aromatic carbocycles. The summed E-state index contributed by atoms with van der Waals surface area (Å²) < 4.78 is 10.7. The summed E-state index contributed by atoms with van der Waals surface area (Å²) in [5.41, 5.74) is 1.32. The van der Waals surface area contributed by atoms with Gasteiger partial charge in [-0.1, -0.05) is 12.1 Å². The maximum atomic E-state index is 12.4. The number of hydrogen-bond acceptors (Lipinski definition) is 5. The quantitative estimate of drug-likeness (QED) is 0.690. The lowest BCUT2D eigenvalue weighted by Gasteiger charge is -2.12. The topological polar surface area (TPSA) is 64.4 Å². The molecule has 3 aromatic rings. The molecule has 3 rings (SSSR count). The van der Waals surface area contributed by atoms with Gasteiger partial charge in [-0.2, -0.15) is 0 Å². The number of para-hydroxylation sites is 1. The highest BCUT2D eigenvalue weighted by atomic mass is 32.1. The minimum atomic E-state index is -0.163. The number of benzene rings is 1. The second kappa shape index (κ2) is 7.98. The molecule has 0 fully saturated rings. The molecular weight excluding hydrogens is 336 g/mol. The zero-order chi connectivity index (χ0) is 17.6. The lowest BCUT2D eigenvalue weighted by Crippen LogP contribution is -2.33. The fraction of sp³-hybridized carbons (Fsp3) is 0.263. The van der Waals surface area contributed by atoms with Crippen molar-refractivity contribution < 1.29 is 13.9 Å². The number of ether oxygens (including phenoxy) is 1. The summed E-state index contributed by atoms with van der Waals surface area (Å²) in [7, 11) is 1.63. The summed E-state index contributed by atoms with van der Waals surface area (Å²) in [5.74, 6) is 1.51. The van der Waals surface area contributed by atoms with Gasteiger partial charge in [-0.05, 0) is 37.6 Å². The number of hydrogen-bond donors (Lipinski definition) is 1. The van der Waals surface area contributed by atoms with Gasteiger partial charge >= 0.3 is 0 Å². The molecule has 1 atom stereocenters. The fourth-order valence-corrected chi connectivity index (χ4v) is 3.34. The average molecular weight is 356 g/mol. The molecule has 0 aliphatic carbocycles. The number of carbonyl (C=O) groups is 1. The SMILES string of the molecule is COc1ccccc1-c1nc(C(=O)NC(C)CCc2ccco2)cs1. The van der Waals surface area contributed by atoms with Gasteiger partial charge in [0.1, 0.15) is 22.2 Å². The Morgan fingerprint density at radius 1 is 1.32 bits per heavy atom. The molecule has 0 aliphatic rings. The minimum absolute atomic E-state index is 0.0361. The molecule has 0 saturated heterocycles. The molecule has 1 unspecified atom stereocenters. The Kier molecular flexibility index (Phi) is 5.50. The number of carbonyl (C=O) groups excluding carboxylic acids is 1. The number of furan rings is 1. The van der Waals surface area contributed by atoms with Crippen LogP contribution in [0.2, 0.25) is 0 Å². The molecule has 0 saturated carbocycles. The highest BCUT2D eigenvalue weighted by Gasteiger charge is 2.16. The van der Waals surface area contributed by atoms with Crippen molar-refractivity contribution in [1.82, 2.24) is 10.3 Å². The summed E-state index contributed by atoms with van der Waals surface area (Å²) in [4.78, 5) is 16.9. The van der Waals surface area contributed by atoms with Crippen LogP contribution >= 0.6 is 11.3 Å². The third-order valence-electron chi connectivity index (χ3n) is 3.86. The monoisotopic (exact) mass is 356 g/mol. The number of rotatable bonds is 7. The molecule has 1 N–H and O–H groups in total. The first-order chi connectivity index (χ1) is 12.2. The van der Waals surface area contributed by atoms with Crippen LogP contribution in [0, 0.1) is 0 Å². The van der Waals surface area contributed by atoms with Crippen molar-refractivity contribution in [3.05, 3.63) is 59.5 Å². The first kappa shape index (κ1) is 17.2. The summed E-state index contributed by atoms with van der Waals surface area (Å²) in [6.45, 7) is 1.98. The Balaban J connectivity index is 1.62. The van der Waals surface area contributed by atoms with Crippen molar-refractivity contribution >= 4 is 17.2 Å². The smallest absolute Gasteiger partial charge is 0.270 e. The van der Waals surface area contributed by atoms with Crippen LogP contribution in [0.3, 0.4) is 0 Å². The van der Waals surface area contributed by atoms with E-state index in [1.165, 1.54) is 11.3 Å². The van der Waals surface area contributed by atoms with Crippen LogP contribution in [0.1, 0.15) is 29.6 Å². The van der Waals surface area contributed by atoms with Gasteiger partial charge in [0.05, 0.1) is 18.9 Å². The fourth-order valence-electron chi connectivity index (χ4n) is 2.51. The number of aryl methyl sites for hydroxylation is 1. The zero-order valence-electron chi connectivity index (χ0n) is 14.2. The van der Waals surface area contributed by atoms with Crippen LogP contribution in [-0.2, 0) is 6.42 Å². The van der Waals surface area contributed by atoms with E-state index in [1.807, 2.05) is 43.3 Å². The van der Waals surface area contributed by atoms with Gasteiger partial charge in [0.25, 0.3) is 5.91 Å². The Hall–Kier alpha value is -2.60. The van der Waals surface area contributed by atoms with Gasteiger partial charge < -0.3 is 14.5 Å². The summed E-state index contributed by atoms with van der Waals surface area (Å²) in [6, 6.07) is 11.5. The Bertz CT molecular complexity index is 827. The van der Waals surface area contributed by atoms with E-state index < -0.39 is 0 Å². The maximum absolute atomic E-state index is 12.4. The number of nitrogens with one attached hydrogen (secondary N) is 1. The predicted octanol–water partition coefficient (Wildman–Crippen LogP) is 4.16. The maximum Gasteiger partial charge on any atom is 0.270 e. The molecule has 25 heavy (non-hydrogen) atoms. The van der Waals surface area contributed by atoms with Gasteiger partial charge in [0.15, 0.2) is 0 Å². The van der Waals surface area contributed by atoms with Gasteiger partial charge in [0.2, 0.25) is 0 Å². The molecular formula is C19H20N2O3S. The number of aromatic nitrogens is 1. The third kappa shape index (κ3) is 4.28. The zero-order valence-corrected chi connectivity index (χ0v) is 15.0. The first-order valence-electron chi connectivity index (χ1n) is 8.09. The number of nitrogens with zero attached hydrogens (tertiary/aromatic N) is 1. The van der Waals surface area contributed by atoms with Crippen LogP contribution in [0.5, 0.6) is 5.75 Å². The largest absolute Gasteiger partial charge is 0.496 e. The van der Waals surface area contributed by atoms with Crippen LogP contribution in [0.25, 0.3) is 10.6 Å². The second-order valence-electron chi connectivity index (χ2n) is 5.73. The van der Waals surface area contributed by atoms with E-state index in [1.54, 1.807) is 18.8 Å². The second-order valence-corrected chi connectivity index (χ2v) is 6.59. The number of amides is 1. The molecule has 2 aromatic heterocycles. The lowest BCUT2D eigenvalue weighted by molar-refractivity contribution is 0.0934. The molecule has 0 bridgehead atoms. The van der Waals surface area contributed by atoms with Crippen molar-refractivity contribution in [2.45, 2.75) is 25.8 Å². The summed E-state index contributed by atoms with van der Waals surface area (Å²) in [6.07, 6.45) is 3.26. The lowest BCUT2D eigenvalue weighted by atomic mass is 10.1. The third-order valence-corrected chi connectivity index (χ3v) is 4.73. The minimum Gasteiger partial charge on any atom is -0.496 e. The number of thiazole rings is 1. The number of methoxy groups -OCH3 is 1. The molecule has 5 nitrogen and oxygen atoms in total. The van der Waals surface area contributed by atoms with E-state index in [2.05, 4.69) is 10.3 Å². The Morgan fingerprint density at radius 2 is 2.16 bits per heavy atom. The van der Waals surface area contributed by atoms with E-state index in [-0.39, 0.29) is 11.9 Å². The first-order valence-corrected chi connectivity index (χ1v) is 8.97. The van der Waals surface area contributed by atoms with Crippen LogP contribution < -0.4 is 10.1 Å². The predicted molar refractivity (Wildman–Crippen MR) is 98.1 cm³/mol. The van der Waals surface area contributed by atoms with E-state index in [9.17, 15) is 4.79 Å². The van der Waals surface area contributed by atoms with E-state index >= 15 is 0 Å². The van der Waals surface area contributed by atoms with Gasteiger partial charge in [-0.25, -0.2) is 4.98 Å². The highest BCUT2D eigenvalue weighted by Crippen LogP contribution is 2.31. The van der Waals surface area contributed by atoms with Crippen LogP contribution in [0.4, 0.5) is 0 Å². The molecule has 0 spiro atoms. The van der Waals surface area contributed by atoms with Crippen LogP contribution in [0.15, 0.2) is 52.5 Å².